The average Bonchev–Trinajstić information content (AvgIpc) is 0. The van der Waals surface area contributed by atoms with E-state index in [1.54, 1.807) is 0 Å². The Kier molecular flexibility index (Phi) is 94.7. The van der Waals surface area contributed by atoms with Crippen LogP contribution in [0.25, 0.3) is 0 Å². The molecule has 0 saturated carbocycles. The molecule has 4 heavy (non-hydrogen) atoms. The van der Waals surface area contributed by atoms with Crippen LogP contribution < -0.4 is 0 Å². The minimum atomic E-state index is 0. The van der Waals surface area contributed by atoms with Crippen molar-refractivity contribution in [1.82, 2.24) is 0 Å². The second kappa shape index (κ2) is 15.7. The predicted octanol–water partition coefficient (Wildman–Crippen LogP) is -0.539. The molecule has 0 aromatic heterocycles. The van der Waals surface area contributed by atoms with E-state index >= 15 is 0 Å². The molecule has 0 aromatic rings. The maximum Gasteiger partial charge on any atom is 2.00 e. The summed E-state index contributed by atoms with van der Waals surface area (Å²) in [6, 6.07) is 0. The summed E-state index contributed by atoms with van der Waals surface area (Å²) < 4.78 is 0. The van der Waals surface area contributed by atoms with Crippen LogP contribution in [0.1, 0.15) is 2.85 Å². The third-order valence-electron chi connectivity index (χ3n) is 0. The third kappa shape index (κ3) is 9.49. The summed E-state index contributed by atoms with van der Waals surface area (Å²) in [7, 11) is 0. The minimum Gasteiger partial charge on any atom is -1.00 e. The molecule has 0 N–H and O–H groups in total. The molecule has 0 saturated heterocycles. The summed E-state index contributed by atoms with van der Waals surface area (Å²) in [5, 5.41) is 0. The first-order valence-electron chi connectivity index (χ1n) is 0. The Balaban J connectivity index is 0. The van der Waals surface area contributed by atoms with Crippen LogP contribution >= 0.6 is 0 Å². The van der Waals surface area contributed by atoms with Crippen molar-refractivity contribution in [2.24, 2.45) is 0 Å². The Labute approximate surface area is 127 Å². The van der Waals surface area contributed by atoms with Gasteiger partial charge in [-0.1, -0.05) is 0 Å². The van der Waals surface area contributed by atoms with Crippen LogP contribution in [0.15, 0.2) is 0 Å². The number of hydrogen-bond acceptors (Lipinski definition) is 0. The van der Waals surface area contributed by atoms with Crippen LogP contribution in [0.5, 0.6) is 0 Å². The van der Waals surface area contributed by atoms with E-state index in [1.807, 2.05) is 0 Å². The fourth-order valence-corrected chi connectivity index (χ4v) is 0. The summed E-state index contributed by atoms with van der Waals surface area (Å²) in [4.78, 5) is 0. The zero-order valence-electron chi connectivity index (χ0n) is 4.36. The van der Waals surface area contributed by atoms with E-state index in [-0.39, 0.29) is 131 Å². The van der Waals surface area contributed by atoms with Gasteiger partial charge in [-0.3, -0.25) is 0 Å². The van der Waals surface area contributed by atoms with E-state index in [9.17, 15) is 0 Å². The second-order valence-corrected chi connectivity index (χ2v) is 0. The molecule has 0 bridgehead atoms. The monoisotopic (exact) mass is 396 g/mol. The van der Waals surface area contributed by atoms with Crippen LogP contribution in [0.4, 0.5) is 0 Å². The molecule has 0 aliphatic carbocycles. The molecule has 0 rings (SSSR count). The SMILES string of the molecule is [Al].[Ba+2].[H-].[H-].[La].[Zr]. The molecule has 4 radical (unpaired) electrons. The molecule has 0 fully saturated rings. The fraction of sp³-hybridized carbons (Fsp3) is 0. The molecule has 0 aliphatic rings. The smallest absolute Gasteiger partial charge is 1.00 e. The van der Waals surface area contributed by atoms with Gasteiger partial charge in [-0.25, -0.2) is 0 Å². The zero-order valence-corrected chi connectivity index (χ0v) is 14.0. The van der Waals surface area contributed by atoms with Crippen LogP contribution in [-0.4, -0.2) is 66.2 Å². The Hall–Kier alpha value is 4.18. The average molecular weight is 396 g/mol. The van der Waals surface area contributed by atoms with E-state index in [4.69, 9.17) is 0 Å². The number of rotatable bonds is 0. The van der Waals surface area contributed by atoms with Crippen LogP contribution in [0.3, 0.4) is 0 Å². The molecule has 0 unspecified atom stereocenters. The largest absolute Gasteiger partial charge is 2.00 e. The number of hydrogen-bond donors (Lipinski definition) is 0. The first kappa shape index (κ1) is 24.1. The van der Waals surface area contributed by atoms with Crippen LogP contribution in [-0.2, 0) is 26.2 Å². The summed E-state index contributed by atoms with van der Waals surface area (Å²) in [6.45, 7) is 0. The summed E-state index contributed by atoms with van der Waals surface area (Å²) in [5.74, 6) is 0. The maximum absolute atomic E-state index is 0. The predicted molar refractivity (Wildman–Crippen MR) is 13.7 cm³/mol. The van der Waals surface area contributed by atoms with E-state index < -0.39 is 0 Å². The van der Waals surface area contributed by atoms with E-state index in [2.05, 4.69) is 0 Å². The Morgan fingerprint density at radius 2 is 1.25 bits per heavy atom. The summed E-state index contributed by atoms with van der Waals surface area (Å²) >= 11 is 0. The van der Waals surface area contributed by atoms with Gasteiger partial charge >= 0.3 is 48.9 Å². The maximum atomic E-state index is 0. The minimum absolute atomic E-state index is 0. The molecule has 14 valence electrons. The van der Waals surface area contributed by atoms with Gasteiger partial charge in [-0.15, -0.1) is 0 Å². The van der Waals surface area contributed by atoms with Crippen molar-refractivity contribution >= 4 is 66.2 Å². The standard InChI is InChI=1S/Al.Ba.La.Zr.2H/q;+2;;;2*-1. The van der Waals surface area contributed by atoms with Gasteiger partial charge in [-0.05, 0) is 0 Å². The molecule has 0 aromatic carbocycles. The molecular weight excluding hydrogens is 394 g/mol. The molecule has 0 nitrogen and oxygen atoms in total. The zero-order chi connectivity index (χ0) is 0. The molecular formula is H2AlBaLaZr. The van der Waals surface area contributed by atoms with Crippen LogP contribution in [0, 0.1) is 35.6 Å². The van der Waals surface area contributed by atoms with Gasteiger partial charge in [0.15, 0.2) is 0 Å². The van der Waals surface area contributed by atoms with Gasteiger partial charge in [0.1, 0.15) is 0 Å². The summed E-state index contributed by atoms with van der Waals surface area (Å²) in [6.07, 6.45) is 0. The quantitative estimate of drug-likeness (QED) is 0.483. The van der Waals surface area contributed by atoms with Crippen molar-refractivity contribution in [2.45, 2.75) is 0 Å². The molecule has 0 heterocycles. The van der Waals surface area contributed by atoms with E-state index in [1.165, 1.54) is 0 Å². The molecule has 0 atom stereocenters. The molecule has 0 spiro atoms. The summed E-state index contributed by atoms with van der Waals surface area (Å²) in [5.41, 5.74) is 0. The van der Waals surface area contributed by atoms with E-state index in [0.29, 0.717) is 0 Å². The van der Waals surface area contributed by atoms with Crippen molar-refractivity contribution in [3.05, 3.63) is 0 Å². The first-order valence-corrected chi connectivity index (χ1v) is 0. The van der Waals surface area contributed by atoms with Gasteiger partial charge < -0.3 is 2.85 Å². The van der Waals surface area contributed by atoms with Crippen molar-refractivity contribution < 1.29 is 64.7 Å². The van der Waals surface area contributed by atoms with Gasteiger partial charge in [0, 0.05) is 79.2 Å². The Morgan fingerprint density at radius 1 is 1.25 bits per heavy atom. The van der Waals surface area contributed by atoms with Crippen molar-refractivity contribution in [2.75, 3.05) is 0 Å². The topological polar surface area (TPSA) is 0 Å². The van der Waals surface area contributed by atoms with Crippen molar-refractivity contribution in [3.63, 3.8) is 0 Å². The Bertz CT molecular complexity index is 13.5. The van der Waals surface area contributed by atoms with Crippen molar-refractivity contribution in [1.29, 1.82) is 0 Å². The van der Waals surface area contributed by atoms with Gasteiger partial charge in [0.2, 0.25) is 0 Å². The Morgan fingerprint density at radius 3 is 1.25 bits per heavy atom. The first-order chi connectivity index (χ1) is 0. The molecule has 0 amide bonds. The van der Waals surface area contributed by atoms with Gasteiger partial charge in [0.25, 0.3) is 0 Å². The second-order valence-electron chi connectivity index (χ2n) is 0. The molecule has 4 heteroatoms. The normalized spacial score (nSPS) is 0. The molecule has 0 aliphatic heterocycles. The van der Waals surface area contributed by atoms with E-state index in [0.717, 1.165) is 0 Å². The third-order valence-corrected chi connectivity index (χ3v) is 0. The van der Waals surface area contributed by atoms with Crippen LogP contribution in [0.2, 0.25) is 0 Å². The van der Waals surface area contributed by atoms with Gasteiger partial charge in [-0.2, -0.15) is 0 Å². The van der Waals surface area contributed by atoms with Crippen molar-refractivity contribution in [3.8, 4) is 0 Å². The van der Waals surface area contributed by atoms with Gasteiger partial charge in [0.05, 0.1) is 0 Å². The fourth-order valence-electron chi connectivity index (χ4n) is 0.